The molecule has 0 fully saturated rings. The average molecular weight is 379 g/mol. The number of hydrogen-bond donors (Lipinski definition) is 2. The molecule has 0 atom stereocenters. The molecule has 2 heterocycles. The summed E-state index contributed by atoms with van der Waals surface area (Å²) in [5.41, 5.74) is 3.90. The van der Waals surface area contributed by atoms with Crippen molar-refractivity contribution in [2.75, 3.05) is 10.6 Å². The lowest BCUT2D eigenvalue weighted by molar-refractivity contribution is 0.785. The van der Waals surface area contributed by atoms with E-state index in [9.17, 15) is 0 Å². The van der Waals surface area contributed by atoms with Gasteiger partial charge in [-0.2, -0.15) is 15.1 Å². The third-order valence-corrected chi connectivity index (χ3v) is 4.56. The zero-order valence-electron chi connectivity index (χ0n) is 15.1. The smallest absolute Gasteiger partial charge is 0.227 e. The predicted molar refractivity (Wildman–Crippen MR) is 110 cm³/mol. The number of nitrogens with zero attached hydrogens (tertiary/aromatic N) is 4. The number of anilines is 3. The molecular formula is C20H19ClN6. The fourth-order valence-electron chi connectivity index (χ4n) is 2.87. The van der Waals surface area contributed by atoms with E-state index < -0.39 is 0 Å². The maximum atomic E-state index is 6.07. The summed E-state index contributed by atoms with van der Waals surface area (Å²) < 4.78 is 1.74. The summed E-state index contributed by atoms with van der Waals surface area (Å²) in [6, 6.07) is 15.9. The first-order valence-corrected chi connectivity index (χ1v) is 8.98. The van der Waals surface area contributed by atoms with Gasteiger partial charge in [-0.05, 0) is 36.2 Å². The van der Waals surface area contributed by atoms with Gasteiger partial charge in [-0.3, -0.25) is 4.68 Å². The Morgan fingerprint density at radius 2 is 1.89 bits per heavy atom. The maximum absolute atomic E-state index is 6.07. The summed E-state index contributed by atoms with van der Waals surface area (Å²) in [5.74, 6) is 1.25. The highest BCUT2D eigenvalue weighted by Crippen LogP contribution is 2.28. The average Bonchev–Trinajstić information content (AvgIpc) is 3.04. The van der Waals surface area contributed by atoms with E-state index >= 15 is 0 Å². The van der Waals surface area contributed by atoms with Gasteiger partial charge >= 0.3 is 0 Å². The van der Waals surface area contributed by atoms with E-state index in [0.717, 1.165) is 27.8 Å². The van der Waals surface area contributed by atoms with Gasteiger partial charge in [-0.25, -0.2) is 0 Å². The van der Waals surface area contributed by atoms with Crippen molar-refractivity contribution >= 4 is 40.1 Å². The van der Waals surface area contributed by atoms with Crippen molar-refractivity contribution in [2.24, 2.45) is 7.05 Å². The summed E-state index contributed by atoms with van der Waals surface area (Å²) in [6.07, 6.45) is 1.77. The number of halogens is 1. The third kappa shape index (κ3) is 3.71. The standard InChI is InChI=1S/C20H19ClN6/c1-13-10-15(21)8-9-17(13)24-18-16-12-23-27(2)19(16)26-20(25-18)22-11-14-6-4-3-5-7-14/h3-10,12H,11H2,1-2H3,(H2,22,24,25,26). The second kappa shape index (κ2) is 7.25. The Hall–Kier alpha value is -3.12. The highest BCUT2D eigenvalue weighted by atomic mass is 35.5. The quantitative estimate of drug-likeness (QED) is 0.527. The van der Waals surface area contributed by atoms with Crippen molar-refractivity contribution in [1.82, 2.24) is 19.7 Å². The van der Waals surface area contributed by atoms with E-state index in [2.05, 4.69) is 37.8 Å². The van der Waals surface area contributed by atoms with Gasteiger partial charge in [0.2, 0.25) is 5.95 Å². The minimum absolute atomic E-state index is 0.545. The first-order valence-electron chi connectivity index (χ1n) is 8.61. The molecule has 0 aliphatic carbocycles. The van der Waals surface area contributed by atoms with Gasteiger partial charge in [0, 0.05) is 24.3 Å². The van der Waals surface area contributed by atoms with E-state index in [1.807, 2.05) is 50.4 Å². The zero-order valence-corrected chi connectivity index (χ0v) is 15.8. The summed E-state index contributed by atoms with van der Waals surface area (Å²) in [7, 11) is 1.87. The fraction of sp³-hybridized carbons (Fsp3) is 0.150. The van der Waals surface area contributed by atoms with Crippen LogP contribution < -0.4 is 10.6 Å². The lowest BCUT2D eigenvalue weighted by Crippen LogP contribution is -2.07. The molecule has 0 saturated carbocycles. The van der Waals surface area contributed by atoms with Gasteiger partial charge in [0.1, 0.15) is 5.82 Å². The van der Waals surface area contributed by atoms with Gasteiger partial charge in [0.05, 0.1) is 11.6 Å². The Morgan fingerprint density at radius 1 is 1.07 bits per heavy atom. The fourth-order valence-corrected chi connectivity index (χ4v) is 3.10. The molecule has 0 aliphatic heterocycles. The number of nitrogens with one attached hydrogen (secondary N) is 2. The van der Waals surface area contributed by atoms with Crippen molar-refractivity contribution in [3.8, 4) is 0 Å². The van der Waals surface area contributed by atoms with Crippen molar-refractivity contribution < 1.29 is 0 Å². The Kier molecular flexibility index (Phi) is 4.64. The van der Waals surface area contributed by atoms with Crippen LogP contribution in [0, 0.1) is 6.92 Å². The normalized spacial score (nSPS) is 10.9. The van der Waals surface area contributed by atoms with Crippen molar-refractivity contribution in [2.45, 2.75) is 13.5 Å². The van der Waals surface area contributed by atoms with Gasteiger partial charge in [0.25, 0.3) is 0 Å². The first-order chi connectivity index (χ1) is 13.1. The molecular weight excluding hydrogens is 360 g/mol. The first kappa shape index (κ1) is 17.3. The molecule has 6 nitrogen and oxygen atoms in total. The predicted octanol–water partition coefficient (Wildman–Crippen LogP) is 4.68. The number of rotatable bonds is 5. The SMILES string of the molecule is Cc1cc(Cl)ccc1Nc1nc(NCc2ccccc2)nc2c1cnn2C. The Morgan fingerprint density at radius 3 is 2.67 bits per heavy atom. The summed E-state index contributed by atoms with van der Waals surface area (Å²) in [6.45, 7) is 2.65. The number of hydrogen-bond acceptors (Lipinski definition) is 5. The van der Waals surface area contributed by atoms with Crippen LogP contribution in [0.25, 0.3) is 11.0 Å². The Balaban J connectivity index is 1.68. The monoisotopic (exact) mass is 378 g/mol. The second-order valence-electron chi connectivity index (χ2n) is 6.32. The number of aromatic nitrogens is 4. The van der Waals surface area contributed by atoms with Crippen molar-refractivity contribution in [3.63, 3.8) is 0 Å². The Labute approximate surface area is 162 Å². The van der Waals surface area contributed by atoms with Gasteiger partial charge < -0.3 is 10.6 Å². The van der Waals surface area contributed by atoms with Crippen LogP contribution in [0.2, 0.25) is 5.02 Å². The van der Waals surface area contributed by atoms with Crippen molar-refractivity contribution in [3.05, 3.63) is 70.9 Å². The summed E-state index contributed by atoms with van der Waals surface area (Å²) in [5, 5.41) is 12.6. The molecule has 0 unspecified atom stereocenters. The number of fused-ring (bicyclic) bond motifs is 1. The highest BCUT2D eigenvalue weighted by molar-refractivity contribution is 6.30. The van der Waals surface area contributed by atoms with Crippen LogP contribution >= 0.6 is 11.6 Å². The van der Waals surface area contributed by atoms with Crippen LogP contribution in [0.1, 0.15) is 11.1 Å². The van der Waals surface area contributed by atoms with E-state index in [1.165, 1.54) is 0 Å². The third-order valence-electron chi connectivity index (χ3n) is 4.33. The molecule has 27 heavy (non-hydrogen) atoms. The number of aryl methyl sites for hydroxylation is 2. The lowest BCUT2D eigenvalue weighted by Gasteiger charge is -2.12. The minimum atomic E-state index is 0.545. The molecule has 0 radical (unpaired) electrons. The second-order valence-corrected chi connectivity index (χ2v) is 6.76. The molecule has 0 amide bonds. The molecule has 2 aromatic heterocycles. The molecule has 2 N–H and O–H groups in total. The van der Waals surface area contributed by atoms with Crippen LogP contribution in [0.15, 0.2) is 54.7 Å². The number of benzene rings is 2. The van der Waals surface area contributed by atoms with Crippen LogP contribution in [0.3, 0.4) is 0 Å². The molecule has 0 bridgehead atoms. The van der Waals surface area contributed by atoms with Crippen LogP contribution in [-0.2, 0) is 13.6 Å². The molecule has 136 valence electrons. The molecule has 2 aromatic carbocycles. The molecule has 7 heteroatoms. The highest BCUT2D eigenvalue weighted by Gasteiger charge is 2.13. The van der Waals surface area contributed by atoms with Crippen LogP contribution in [-0.4, -0.2) is 19.7 Å². The topological polar surface area (TPSA) is 67.7 Å². The lowest BCUT2D eigenvalue weighted by atomic mass is 10.2. The molecule has 0 saturated heterocycles. The van der Waals surface area contributed by atoms with Gasteiger partial charge in [0.15, 0.2) is 5.65 Å². The van der Waals surface area contributed by atoms with Crippen LogP contribution in [0.4, 0.5) is 17.5 Å². The zero-order chi connectivity index (χ0) is 18.8. The van der Waals surface area contributed by atoms with E-state index in [-0.39, 0.29) is 0 Å². The minimum Gasteiger partial charge on any atom is -0.350 e. The summed E-state index contributed by atoms with van der Waals surface area (Å²) >= 11 is 6.07. The largest absolute Gasteiger partial charge is 0.350 e. The van der Waals surface area contributed by atoms with E-state index in [0.29, 0.717) is 23.3 Å². The van der Waals surface area contributed by atoms with Gasteiger partial charge in [-0.15, -0.1) is 0 Å². The molecule has 4 aromatic rings. The summed E-state index contributed by atoms with van der Waals surface area (Å²) in [4.78, 5) is 9.27. The van der Waals surface area contributed by atoms with E-state index in [4.69, 9.17) is 11.6 Å². The van der Waals surface area contributed by atoms with E-state index in [1.54, 1.807) is 10.9 Å². The Bertz CT molecular complexity index is 1090. The van der Waals surface area contributed by atoms with Gasteiger partial charge in [-0.1, -0.05) is 41.9 Å². The maximum Gasteiger partial charge on any atom is 0.227 e. The molecule has 4 rings (SSSR count). The van der Waals surface area contributed by atoms with Crippen molar-refractivity contribution in [1.29, 1.82) is 0 Å². The molecule has 0 aliphatic rings. The molecule has 0 spiro atoms. The van der Waals surface area contributed by atoms with Crippen LogP contribution in [0.5, 0.6) is 0 Å².